The summed E-state index contributed by atoms with van der Waals surface area (Å²) in [7, 11) is 0. The van der Waals surface area contributed by atoms with Crippen molar-refractivity contribution in [2.45, 2.75) is 19.9 Å². The van der Waals surface area contributed by atoms with Gasteiger partial charge in [0.05, 0.1) is 26.5 Å². The molecular weight excluding hydrogens is 334 g/mol. The third-order valence-electron chi connectivity index (χ3n) is 3.15. The number of fused-ring (bicyclic) bond motifs is 1. The summed E-state index contributed by atoms with van der Waals surface area (Å²) in [4.78, 5) is 4.72. The Balaban J connectivity index is 2.25. The van der Waals surface area contributed by atoms with Crippen molar-refractivity contribution in [2.75, 3.05) is 0 Å². The lowest BCUT2D eigenvalue weighted by Gasteiger charge is -2.06. The fraction of sp³-hybridized carbons (Fsp3) is 0.200. The second-order valence-corrected chi connectivity index (χ2v) is 6.83. The maximum Gasteiger partial charge on any atom is 0.142 e. The Morgan fingerprint density at radius 2 is 2.25 bits per heavy atom. The first kappa shape index (κ1) is 13.3. The highest BCUT2D eigenvalue weighted by Crippen LogP contribution is 2.31. The molecule has 0 spiro atoms. The van der Waals surface area contributed by atoms with Crippen molar-refractivity contribution in [3.05, 3.63) is 39.0 Å². The topological polar surface area (TPSA) is 41.6 Å². The van der Waals surface area contributed by atoms with Crippen molar-refractivity contribution in [3.63, 3.8) is 0 Å². The van der Waals surface area contributed by atoms with Crippen molar-refractivity contribution in [1.82, 2.24) is 9.55 Å². The maximum atomic E-state index is 9.01. The van der Waals surface area contributed by atoms with Crippen LogP contribution in [-0.2, 0) is 6.54 Å². The van der Waals surface area contributed by atoms with Gasteiger partial charge in [-0.05, 0) is 46.6 Å². The van der Waals surface area contributed by atoms with Gasteiger partial charge in [0, 0.05) is 17.5 Å². The van der Waals surface area contributed by atoms with E-state index < -0.39 is 0 Å². The van der Waals surface area contributed by atoms with Crippen LogP contribution in [0.5, 0.6) is 0 Å². The van der Waals surface area contributed by atoms with Crippen LogP contribution in [0.2, 0.25) is 0 Å². The van der Waals surface area contributed by atoms with Crippen molar-refractivity contribution >= 4 is 38.3 Å². The molecule has 0 radical (unpaired) electrons. The zero-order valence-corrected chi connectivity index (χ0v) is 13.3. The SMILES string of the molecule is CCCn1c(-c2csc(Br)c2)nc2cc(C#N)ccc21. The van der Waals surface area contributed by atoms with Crippen molar-refractivity contribution < 1.29 is 0 Å². The Kier molecular flexibility index (Phi) is 3.60. The molecule has 100 valence electrons. The van der Waals surface area contributed by atoms with Crippen LogP contribution in [0.1, 0.15) is 18.9 Å². The largest absolute Gasteiger partial charge is 0.324 e. The molecular formula is C15H12BrN3S. The van der Waals surface area contributed by atoms with E-state index in [1.807, 2.05) is 18.2 Å². The number of nitriles is 1. The molecule has 0 amide bonds. The maximum absolute atomic E-state index is 9.01. The van der Waals surface area contributed by atoms with E-state index in [-0.39, 0.29) is 0 Å². The second kappa shape index (κ2) is 5.39. The van der Waals surface area contributed by atoms with Gasteiger partial charge in [0.1, 0.15) is 5.82 Å². The summed E-state index contributed by atoms with van der Waals surface area (Å²) in [6.45, 7) is 3.08. The van der Waals surface area contributed by atoms with Gasteiger partial charge >= 0.3 is 0 Å². The fourth-order valence-electron chi connectivity index (χ4n) is 2.30. The average Bonchev–Trinajstić information content (AvgIpc) is 3.03. The summed E-state index contributed by atoms with van der Waals surface area (Å²) >= 11 is 5.15. The Hall–Kier alpha value is -1.64. The molecule has 0 atom stereocenters. The Bertz CT molecular complexity index is 810. The molecule has 2 heterocycles. The molecule has 0 unspecified atom stereocenters. The van der Waals surface area contributed by atoms with Gasteiger partial charge in [-0.2, -0.15) is 5.26 Å². The second-order valence-electron chi connectivity index (χ2n) is 4.54. The summed E-state index contributed by atoms with van der Waals surface area (Å²) in [5.74, 6) is 0.971. The summed E-state index contributed by atoms with van der Waals surface area (Å²) < 4.78 is 3.32. The first-order valence-corrected chi connectivity index (χ1v) is 8.05. The molecule has 1 aromatic carbocycles. The van der Waals surface area contributed by atoms with Gasteiger partial charge in [-0.25, -0.2) is 4.98 Å². The van der Waals surface area contributed by atoms with Crippen LogP contribution < -0.4 is 0 Å². The molecule has 0 N–H and O–H groups in total. The number of thiophene rings is 1. The first-order chi connectivity index (χ1) is 9.72. The van der Waals surface area contributed by atoms with Crippen molar-refractivity contribution in [1.29, 1.82) is 5.26 Å². The molecule has 20 heavy (non-hydrogen) atoms. The highest BCUT2D eigenvalue weighted by Gasteiger charge is 2.13. The lowest BCUT2D eigenvalue weighted by molar-refractivity contribution is 0.704. The van der Waals surface area contributed by atoms with Gasteiger partial charge in [-0.1, -0.05) is 6.92 Å². The van der Waals surface area contributed by atoms with Crippen LogP contribution in [0.3, 0.4) is 0 Å². The quantitative estimate of drug-likeness (QED) is 0.683. The van der Waals surface area contributed by atoms with Crippen molar-refractivity contribution in [2.24, 2.45) is 0 Å². The molecule has 0 saturated heterocycles. The number of rotatable bonds is 3. The molecule has 0 fully saturated rings. The number of imidazole rings is 1. The lowest BCUT2D eigenvalue weighted by atomic mass is 10.2. The normalized spacial score (nSPS) is 10.8. The Morgan fingerprint density at radius 1 is 1.40 bits per heavy atom. The fourth-order valence-corrected chi connectivity index (χ4v) is 3.43. The van der Waals surface area contributed by atoms with E-state index in [2.05, 4.69) is 44.9 Å². The number of nitrogens with zero attached hydrogens (tertiary/aromatic N) is 3. The number of aryl methyl sites for hydroxylation is 1. The third kappa shape index (κ3) is 2.26. The van der Waals surface area contributed by atoms with Gasteiger partial charge < -0.3 is 4.57 Å². The predicted octanol–water partition coefficient (Wildman–Crippen LogP) is 4.81. The van der Waals surface area contributed by atoms with Crippen LogP contribution in [0.4, 0.5) is 0 Å². The minimum atomic E-state index is 0.650. The monoisotopic (exact) mass is 345 g/mol. The predicted molar refractivity (Wildman–Crippen MR) is 85.8 cm³/mol. The summed E-state index contributed by atoms with van der Waals surface area (Å²) in [5.41, 5.74) is 3.74. The van der Waals surface area contributed by atoms with Crippen molar-refractivity contribution in [3.8, 4) is 17.5 Å². The summed E-state index contributed by atoms with van der Waals surface area (Å²) in [5, 5.41) is 11.1. The summed E-state index contributed by atoms with van der Waals surface area (Å²) in [6, 6.07) is 9.95. The highest BCUT2D eigenvalue weighted by molar-refractivity contribution is 9.11. The van der Waals surface area contributed by atoms with Gasteiger partial charge in [0.15, 0.2) is 0 Å². The molecule has 0 bridgehead atoms. The molecule has 3 nitrogen and oxygen atoms in total. The summed E-state index contributed by atoms with van der Waals surface area (Å²) in [6.07, 6.45) is 1.05. The molecule has 5 heteroatoms. The number of hydrogen-bond acceptors (Lipinski definition) is 3. The van der Waals surface area contributed by atoms with Gasteiger partial charge in [-0.3, -0.25) is 0 Å². The van der Waals surface area contributed by atoms with Crippen LogP contribution in [0.15, 0.2) is 33.4 Å². The minimum Gasteiger partial charge on any atom is -0.324 e. The molecule has 0 aliphatic heterocycles. The van der Waals surface area contributed by atoms with Crippen LogP contribution in [0, 0.1) is 11.3 Å². The van der Waals surface area contributed by atoms with Gasteiger partial charge in [0.2, 0.25) is 0 Å². The van der Waals surface area contributed by atoms with E-state index in [0.29, 0.717) is 5.56 Å². The van der Waals surface area contributed by atoms with E-state index in [9.17, 15) is 0 Å². The van der Waals surface area contributed by atoms with Crippen LogP contribution in [-0.4, -0.2) is 9.55 Å². The number of hydrogen-bond donors (Lipinski definition) is 0. The minimum absolute atomic E-state index is 0.650. The number of aromatic nitrogens is 2. The highest BCUT2D eigenvalue weighted by atomic mass is 79.9. The molecule has 2 aromatic heterocycles. The van der Waals surface area contributed by atoms with Crippen LogP contribution in [0.25, 0.3) is 22.4 Å². The molecule has 3 aromatic rings. The zero-order valence-electron chi connectivity index (χ0n) is 10.9. The smallest absolute Gasteiger partial charge is 0.142 e. The Morgan fingerprint density at radius 3 is 2.90 bits per heavy atom. The van der Waals surface area contributed by atoms with E-state index in [0.717, 1.165) is 39.2 Å². The van der Waals surface area contributed by atoms with E-state index >= 15 is 0 Å². The standard InChI is InChI=1S/C15H12BrN3S/c1-2-5-19-13-4-3-10(8-17)6-12(13)18-15(19)11-7-14(16)20-9-11/h3-4,6-7,9H,2,5H2,1H3. The first-order valence-electron chi connectivity index (χ1n) is 6.37. The third-order valence-corrected chi connectivity index (χ3v) is 4.65. The van der Waals surface area contributed by atoms with Gasteiger partial charge in [0.25, 0.3) is 0 Å². The Labute approximate surface area is 129 Å². The number of halogens is 1. The zero-order chi connectivity index (χ0) is 14.1. The molecule has 3 rings (SSSR count). The lowest BCUT2D eigenvalue weighted by Crippen LogP contribution is -1.98. The van der Waals surface area contributed by atoms with Gasteiger partial charge in [-0.15, -0.1) is 11.3 Å². The van der Waals surface area contributed by atoms with E-state index in [1.165, 1.54) is 0 Å². The van der Waals surface area contributed by atoms with Crippen LogP contribution >= 0.6 is 27.3 Å². The molecule has 0 aliphatic carbocycles. The number of benzene rings is 1. The van der Waals surface area contributed by atoms with E-state index in [1.54, 1.807) is 11.3 Å². The molecule has 0 saturated carbocycles. The molecule has 0 aliphatic rings. The van der Waals surface area contributed by atoms with E-state index in [4.69, 9.17) is 10.2 Å². The average molecular weight is 346 g/mol.